The van der Waals surface area contributed by atoms with Gasteiger partial charge in [-0.05, 0) is 75.6 Å². The minimum Gasteiger partial charge on any atom is -0.385 e. The van der Waals surface area contributed by atoms with E-state index in [-0.39, 0.29) is 6.10 Å². The Morgan fingerprint density at radius 3 is 1.77 bits per heavy atom. The number of rotatable bonds is 6. The molecule has 1 atom stereocenters. The van der Waals surface area contributed by atoms with Gasteiger partial charge in [0.2, 0.25) is 0 Å². The average Bonchev–Trinajstić information content (AvgIpc) is 2.83. The number of quaternary nitrogens is 1. The minimum atomic E-state index is -0.317. The summed E-state index contributed by atoms with van der Waals surface area (Å²) >= 11 is 1.84. The van der Waals surface area contributed by atoms with Crippen LogP contribution in [0.3, 0.4) is 0 Å². The van der Waals surface area contributed by atoms with E-state index in [2.05, 4.69) is 53.4 Å². The van der Waals surface area contributed by atoms with Gasteiger partial charge in [0.05, 0.1) is 30.0 Å². The number of anilines is 2. The Bertz CT molecular complexity index is 796. The lowest BCUT2D eigenvalue weighted by Crippen LogP contribution is -3.20. The quantitative estimate of drug-likeness (QED) is 0.650. The van der Waals surface area contributed by atoms with Gasteiger partial charge in [-0.25, -0.2) is 0 Å². The van der Waals surface area contributed by atoms with Crippen LogP contribution in [-0.4, -0.2) is 36.4 Å². The Kier molecular flexibility index (Phi) is 6.87. The first kappa shape index (κ1) is 21.4. The molecule has 2 aromatic carbocycles. The fourth-order valence-electron chi connectivity index (χ4n) is 6.14. The highest BCUT2D eigenvalue weighted by Crippen LogP contribution is 2.47. The maximum absolute atomic E-state index is 11.4. The van der Waals surface area contributed by atoms with Gasteiger partial charge in [0, 0.05) is 9.79 Å². The molecule has 0 bridgehead atoms. The van der Waals surface area contributed by atoms with Gasteiger partial charge in [-0.2, -0.15) is 0 Å². The molecule has 3 nitrogen and oxygen atoms in total. The summed E-state index contributed by atoms with van der Waals surface area (Å²) in [6, 6.07) is 18.8. The van der Waals surface area contributed by atoms with Crippen LogP contribution in [0, 0.1) is 0 Å². The molecule has 2 saturated carbocycles. The van der Waals surface area contributed by atoms with E-state index in [0.717, 1.165) is 18.6 Å². The van der Waals surface area contributed by atoms with Crippen molar-refractivity contribution in [1.82, 2.24) is 0 Å². The fourth-order valence-corrected chi connectivity index (χ4v) is 7.23. The second-order valence-corrected chi connectivity index (χ2v) is 10.8. The number of β-amino-alcohol motifs (C(OH)–C–C–N with tert-alkyl or cyclic N) is 1. The van der Waals surface area contributed by atoms with E-state index in [1.165, 1.54) is 85.4 Å². The lowest BCUT2D eigenvalue weighted by molar-refractivity contribution is -0.954. The summed E-state index contributed by atoms with van der Waals surface area (Å²) in [5.41, 5.74) is 2.48. The van der Waals surface area contributed by atoms with Gasteiger partial charge < -0.3 is 14.9 Å². The lowest BCUT2D eigenvalue weighted by atomic mass is 9.88. The number of aliphatic hydroxyl groups is 1. The van der Waals surface area contributed by atoms with Crippen LogP contribution in [0.25, 0.3) is 0 Å². The SMILES string of the molecule is O[C@H](CN1c2ccccc2Sc2ccccc21)C[NH+](C1CCCCC1)C1CCCCC1. The second kappa shape index (κ2) is 9.97. The van der Waals surface area contributed by atoms with Crippen LogP contribution in [0.1, 0.15) is 64.2 Å². The summed E-state index contributed by atoms with van der Waals surface area (Å²) in [5.74, 6) is 0. The molecule has 0 spiro atoms. The van der Waals surface area contributed by atoms with Crippen molar-refractivity contribution in [3.63, 3.8) is 0 Å². The zero-order valence-corrected chi connectivity index (χ0v) is 19.5. The predicted octanol–water partition coefficient (Wildman–Crippen LogP) is 5.20. The van der Waals surface area contributed by atoms with Gasteiger partial charge in [0.15, 0.2) is 0 Å². The summed E-state index contributed by atoms with van der Waals surface area (Å²) in [5, 5.41) is 11.4. The zero-order valence-electron chi connectivity index (χ0n) is 18.6. The molecule has 0 radical (unpaired) electrons. The number of hydrogen-bond acceptors (Lipinski definition) is 3. The molecule has 0 saturated heterocycles. The van der Waals surface area contributed by atoms with E-state index < -0.39 is 0 Å². The molecule has 166 valence electrons. The van der Waals surface area contributed by atoms with Gasteiger partial charge in [-0.3, -0.25) is 0 Å². The van der Waals surface area contributed by atoms with Crippen LogP contribution in [0.2, 0.25) is 0 Å². The molecule has 0 unspecified atom stereocenters. The van der Waals surface area contributed by atoms with Crippen molar-refractivity contribution in [2.24, 2.45) is 0 Å². The highest BCUT2D eigenvalue weighted by atomic mass is 32.2. The molecule has 0 amide bonds. The molecule has 4 heteroatoms. The topological polar surface area (TPSA) is 27.9 Å². The summed E-state index contributed by atoms with van der Waals surface area (Å²) in [7, 11) is 0. The van der Waals surface area contributed by atoms with Crippen molar-refractivity contribution in [3.05, 3.63) is 48.5 Å². The van der Waals surface area contributed by atoms with Crippen molar-refractivity contribution in [3.8, 4) is 0 Å². The van der Waals surface area contributed by atoms with Crippen molar-refractivity contribution in [1.29, 1.82) is 0 Å². The van der Waals surface area contributed by atoms with Crippen LogP contribution in [0.15, 0.2) is 58.3 Å². The van der Waals surface area contributed by atoms with Crippen molar-refractivity contribution >= 4 is 23.1 Å². The fraction of sp³-hybridized carbons (Fsp3) is 0.556. The maximum atomic E-state index is 11.4. The first-order valence-corrected chi connectivity index (χ1v) is 13.3. The summed E-state index contributed by atoms with van der Waals surface area (Å²) in [4.78, 5) is 6.67. The number of hydrogen-bond donors (Lipinski definition) is 2. The largest absolute Gasteiger partial charge is 0.385 e. The molecule has 31 heavy (non-hydrogen) atoms. The third-order valence-electron chi connectivity index (χ3n) is 7.66. The zero-order chi connectivity index (χ0) is 21.0. The number of nitrogens with one attached hydrogen (secondary N) is 1. The molecule has 5 rings (SSSR count). The van der Waals surface area contributed by atoms with Crippen molar-refractivity contribution in [2.75, 3.05) is 18.0 Å². The van der Waals surface area contributed by atoms with Crippen molar-refractivity contribution < 1.29 is 10.0 Å². The lowest BCUT2D eigenvalue weighted by Gasteiger charge is -2.41. The Hall–Kier alpha value is -1.49. The number of nitrogens with zero attached hydrogens (tertiary/aromatic N) is 1. The molecule has 1 aliphatic heterocycles. The van der Waals surface area contributed by atoms with Gasteiger partial charge in [0.1, 0.15) is 12.6 Å². The van der Waals surface area contributed by atoms with Crippen LogP contribution in [0.5, 0.6) is 0 Å². The van der Waals surface area contributed by atoms with E-state index in [1.54, 1.807) is 4.90 Å². The number of benzene rings is 2. The number of aliphatic hydroxyl groups excluding tert-OH is 1. The van der Waals surface area contributed by atoms with E-state index in [1.807, 2.05) is 11.8 Å². The standard InChI is InChI=1S/C27H36N2OS/c30-23(19-28(21-11-3-1-4-12-21)22-13-5-2-6-14-22)20-29-24-15-7-9-17-26(24)31-27-18-10-8-16-25(27)29/h7-10,15-18,21-23,30H,1-6,11-14,19-20H2/p+1/t23-/m0/s1. The minimum absolute atomic E-state index is 0.317. The molecule has 2 N–H and O–H groups in total. The predicted molar refractivity (Wildman–Crippen MR) is 130 cm³/mol. The Morgan fingerprint density at radius 1 is 0.774 bits per heavy atom. The number of fused-ring (bicyclic) bond motifs is 2. The molecule has 2 aromatic rings. The highest BCUT2D eigenvalue weighted by molar-refractivity contribution is 7.99. The third-order valence-corrected chi connectivity index (χ3v) is 8.79. The molecule has 0 aromatic heterocycles. The third kappa shape index (κ3) is 4.81. The Balaban J connectivity index is 1.35. The monoisotopic (exact) mass is 437 g/mol. The number of para-hydroxylation sites is 2. The summed E-state index contributed by atoms with van der Waals surface area (Å²) < 4.78 is 0. The Labute approximate surface area is 191 Å². The van der Waals surface area contributed by atoms with Crippen molar-refractivity contribution in [2.45, 2.75) is 92.2 Å². The van der Waals surface area contributed by atoms with Crippen LogP contribution < -0.4 is 9.80 Å². The van der Waals surface area contributed by atoms with Gasteiger partial charge in [0.25, 0.3) is 0 Å². The first-order valence-electron chi connectivity index (χ1n) is 12.5. The van der Waals surface area contributed by atoms with E-state index in [0.29, 0.717) is 6.54 Å². The maximum Gasteiger partial charge on any atom is 0.121 e. The smallest absolute Gasteiger partial charge is 0.121 e. The molecular weight excluding hydrogens is 400 g/mol. The Morgan fingerprint density at radius 2 is 1.26 bits per heavy atom. The molecule has 1 heterocycles. The van der Waals surface area contributed by atoms with Gasteiger partial charge in [-0.15, -0.1) is 0 Å². The second-order valence-electron chi connectivity index (χ2n) is 9.75. The summed E-state index contributed by atoms with van der Waals surface area (Å²) in [6.07, 6.45) is 13.4. The van der Waals surface area contributed by atoms with E-state index >= 15 is 0 Å². The van der Waals surface area contributed by atoms with Crippen LogP contribution in [0.4, 0.5) is 11.4 Å². The van der Waals surface area contributed by atoms with E-state index in [4.69, 9.17) is 0 Å². The van der Waals surface area contributed by atoms with Crippen LogP contribution in [-0.2, 0) is 0 Å². The van der Waals surface area contributed by atoms with Crippen LogP contribution >= 0.6 is 11.8 Å². The molecular formula is C27H37N2OS+. The first-order chi connectivity index (χ1) is 15.3. The average molecular weight is 438 g/mol. The molecule has 2 aliphatic carbocycles. The van der Waals surface area contributed by atoms with Gasteiger partial charge >= 0.3 is 0 Å². The summed E-state index contributed by atoms with van der Waals surface area (Å²) in [6.45, 7) is 1.57. The van der Waals surface area contributed by atoms with E-state index in [9.17, 15) is 5.11 Å². The molecule has 3 aliphatic rings. The molecule has 2 fully saturated rings. The normalized spacial score (nSPS) is 21.0. The van der Waals surface area contributed by atoms with Gasteiger partial charge in [-0.1, -0.05) is 48.9 Å². The highest BCUT2D eigenvalue weighted by Gasteiger charge is 2.35.